The van der Waals surface area contributed by atoms with Crippen LogP contribution in [-0.2, 0) is 11.3 Å². The third kappa shape index (κ3) is 3.66. The molecule has 2 aromatic rings. The Kier molecular flexibility index (Phi) is 4.66. The van der Waals surface area contributed by atoms with E-state index in [1.54, 1.807) is 19.2 Å². The predicted octanol–water partition coefficient (Wildman–Crippen LogP) is 2.80. The van der Waals surface area contributed by atoms with Gasteiger partial charge >= 0.3 is 5.97 Å². The van der Waals surface area contributed by atoms with Crippen molar-refractivity contribution in [3.8, 4) is 11.5 Å². The molecule has 2 rings (SSSR count). The molecule has 0 unspecified atom stereocenters. The van der Waals surface area contributed by atoms with Crippen molar-refractivity contribution in [1.82, 2.24) is 0 Å². The molecule has 5 nitrogen and oxygen atoms in total. The largest absolute Gasteiger partial charge is 0.507 e. The number of ether oxygens (including phenoxy) is 2. The van der Waals surface area contributed by atoms with Crippen LogP contribution in [0, 0.1) is 0 Å². The molecule has 21 heavy (non-hydrogen) atoms. The van der Waals surface area contributed by atoms with E-state index < -0.39 is 5.97 Å². The van der Waals surface area contributed by atoms with E-state index in [0.717, 1.165) is 17.0 Å². The number of phenolic OH excluding ortho intramolecular Hbond substituents is 1. The number of rotatable bonds is 5. The monoisotopic (exact) mass is 287 g/mol. The highest BCUT2D eigenvalue weighted by Crippen LogP contribution is 2.22. The van der Waals surface area contributed by atoms with E-state index in [4.69, 9.17) is 4.74 Å². The normalized spacial score (nSPS) is 10.0. The molecular weight excluding hydrogens is 270 g/mol. The Labute approximate surface area is 123 Å². The van der Waals surface area contributed by atoms with Crippen molar-refractivity contribution in [3.05, 3.63) is 53.6 Å². The van der Waals surface area contributed by atoms with E-state index in [-0.39, 0.29) is 11.3 Å². The standard InChI is InChI=1S/C16H17NO4/c1-20-13-6-3-11(4-7-13)10-17-12-5-8-15(18)14(9-12)16(19)21-2/h3-9,17-18H,10H2,1-2H3. The van der Waals surface area contributed by atoms with Crippen LogP contribution in [-0.4, -0.2) is 25.3 Å². The first-order chi connectivity index (χ1) is 10.1. The lowest BCUT2D eigenvalue weighted by Crippen LogP contribution is -2.04. The summed E-state index contributed by atoms with van der Waals surface area (Å²) < 4.78 is 9.72. The van der Waals surface area contributed by atoms with Gasteiger partial charge in [0.2, 0.25) is 0 Å². The molecule has 0 aromatic heterocycles. The third-order valence-electron chi connectivity index (χ3n) is 3.06. The summed E-state index contributed by atoms with van der Waals surface area (Å²) in [6.07, 6.45) is 0. The number of carbonyl (C=O) groups is 1. The number of nitrogens with one attached hydrogen (secondary N) is 1. The van der Waals surface area contributed by atoms with E-state index in [0.29, 0.717) is 6.54 Å². The molecule has 0 radical (unpaired) electrons. The van der Waals surface area contributed by atoms with Crippen LogP contribution in [0.1, 0.15) is 15.9 Å². The van der Waals surface area contributed by atoms with Crippen molar-refractivity contribution in [1.29, 1.82) is 0 Å². The van der Waals surface area contributed by atoms with Crippen molar-refractivity contribution < 1.29 is 19.4 Å². The van der Waals surface area contributed by atoms with Crippen LogP contribution in [0.3, 0.4) is 0 Å². The average Bonchev–Trinajstić information content (AvgIpc) is 2.53. The summed E-state index contributed by atoms with van der Waals surface area (Å²) in [6.45, 7) is 0.593. The van der Waals surface area contributed by atoms with Gasteiger partial charge in [0.15, 0.2) is 0 Å². The second kappa shape index (κ2) is 6.65. The molecule has 0 heterocycles. The van der Waals surface area contributed by atoms with Gasteiger partial charge in [-0.1, -0.05) is 12.1 Å². The number of anilines is 1. The zero-order valence-corrected chi connectivity index (χ0v) is 11.9. The molecule has 2 aromatic carbocycles. The first-order valence-corrected chi connectivity index (χ1v) is 6.42. The van der Waals surface area contributed by atoms with E-state index in [9.17, 15) is 9.90 Å². The number of hydrogen-bond acceptors (Lipinski definition) is 5. The highest BCUT2D eigenvalue weighted by Gasteiger charge is 2.11. The molecule has 0 saturated heterocycles. The van der Waals surface area contributed by atoms with Crippen LogP contribution in [0.2, 0.25) is 0 Å². The van der Waals surface area contributed by atoms with Gasteiger partial charge in [0.05, 0.1) is 14.2 Å². The molecule has 0 spiro atoms. The van der Waals surface area contributed by atoms with Crippen LogP contribution in [0.25, 0.3) is 0 Å². The van der Waals surface area contributed by atoms with Crippen LogP contribution in [0.4, 0.5) is 5.69 Å². The first kappa shape index (κ1) is 14.7. The Bertz CT molecular complexity index is 623. The zero-order valence-electron chi connectivity index (χ0n) is 11.9. The van der Waals surface area contributed by atoms with E-state index in [1.807, 2.05) is 24.3 Å². The number of esters is 1. The van der Waals surface area contributed by atoms with Gasteiger partial charge in [0, 0.05) is 12.2 Å². The van der Waals surface area contributed by atoms with Gasteiger partial charge in [0.25, 0.3) is 0 Å². The second-order valence-electron chi connectivity index (χ2n) is 4.43. The van der Waals surface area contributed by atoms with Crippen molar-refractivity contribution >= 4 is 11.7 Å². The average molecular weight is 287 g/mol. The number of aromatic hydroxyl groups is 1. The van der Waals surface area contributed by atoms with Crippen molar-refractivity contribution in [2.75, 3.05) is 19.5 Å². The highest BCUT2D eigenvalue weighted by molar-refractivity contribution is 5.93. The number of carbonyl (C=O) groups excluding carboxylic acids is 1. The predicted molar refractivity (Wildman–Crippen MR) is 79.8 cm³/mol. The lowest BCUT2D eigenvalue weighted by Gasteiger charge is -2.09. The Balaban J connectivity index is 2.07. The SMILES string of the molecule is COC(=O)c1cc(NCc2ccc(OC)cc2)ccc1O. The lowest BCUT2D eigenvalue weighted by atomic mass is 10.1. The van der Waals surface area contributed by atoms with Crippen molar-refractivity contribution in [2.45, 2.75) is 6.54 Å². The molecule has 110 valence electrons. The zero-order chi connectivity index (χ0) is 15.2. The minimum absolute atomic E-state index is 0.100. The molecular formula is C16H17NO4. The molecule has 5 heteroatoms. The summed E-state index contributed by atoms with van der Waals surface area (Å²) in [5.41, 5.74) is 1.93. The van der Waals surface area contributed by atoms with Crippen molar-refractivity contribution in [3.63, 3.8) is 0 Å². The Morgan fingerprint density at radius 2 is 1.86 bits per heavy atom. The minimum atomic E-state index is -0.569. The molecule has 0 aliphatic heterocycles. The van der Waals surface area contributed by atoms with Crippen LogP contribution in [0.5, 0.6) is 11.5 Å². The topological polar surface area (TPSA) is 67.8 Å². The molecule has 0 aliphatic carbocycles. The lowest BCUT2D eigenvalue weighted by molar-refractivity contribution is 0.0597. The molecule has 0 saturated carbocycles. The maximum Gasteiger partial charge on any atom is 0.341 e. The fraction of sp³-hybridized carbons (Fsp3) is 0.188. The quantitative estimate of drug-likeness (QED) is 0.654. The minimum Gasteiger partial charge on any atom is -0.507 e. The van der Waals surface area contributed by atoms with Gasteiger partial charge in [-0.25, -0.2) is 4.79 Å². The summed E-state index contributed by atoms with van der Waals surface area (Å²) in [7, 11) is 2.90. The molecule has 0 bridgehead atoms. The summed E-state index contributed by atoms with van der Waals surface area (Å²) >= 11 is 0. The van der Waals surface area contributed by atoms with Gasteiger partial charge in [-0.2, -0.15) is 0 Å². The first-order valence-electron chi connectivity index (χ1n) is 6.42. The molecule has 0 aliphatic rings. The number of benzene rings is 2. The summed E-state index contributed by atoms with van der Waals surface area (Å²) in [5.74, 6) is 0.133. The van der Waals surface area contributed by atoms with Gasteiger partial charge in [-0.15, -0.1) is 0 Å². The summed E-state index contributed by atoms with van der Waals surface area (Å²) in [6, 6.07) is 12.4. The Morgan fingerprint density at radius 3 is 2.48 bits per heavy atom. The third-order valence-corrected chi connectivity index (χ3v) is 3.06. The Hall–Kier alpha value is -2.69. The highest BCUT2D eigenvalue weighted by atomic mass is 16.5. The summed E-state index contributed by atoms with van der Waals surface area (Å²) in [5, 5.41) is 12.8. The van der Waals surface area contributed by atoms with Gasteiger partial charge < -0.3 is 19.9 Å². The maximum atomic E-state index is 11.5. The molecule has 0 amide bonds. The van der Waals surface area contributed by atoms with Crippen LogP contribution >= 0.6 is 0 Å². The molecule has 2 N–H and O–H groups in total. The van der Waals surface area contributed by atoms with Gasteiger partial charge in [0.1, 0.15) is 17.1 Å². The second-order valence-corrected chi connectivity index (χ2v) is 4.43. The van der Waals surface area contributed by atoms with Gasteiger partial charge in [-0.3, -0.25) is 0 Å². The molecule has 0 fully saturated rings. The molecule has 0 atom stereocenters. The van der Waals surface area contributed by atoms with E-state index >= 15 is 0 Å². The summed E-state index contributed by atoms with van der Waals surface area (Å²) in [4.78, 5) is 11.5. The maximum absolute atomic E-state index is 11.5. The van der Waals surface area contributed by atoms with E-state index in [1.165, 1.54) is 13.2 Å². The Morgan fingerprint density at radius 1 is 1.14 bits per heavy atom. The van der Waals surface area contributed by atoms with Crippen LogP contribution < -0.4 is 10.1 Å². The smallest absolute Gasteiger partial charge is 0.341 e. The van der Waals surface area contributed by atoms with Crippen LogP contribution in [0.15, 0.2) is 42.5 Å². The number of methoxy groups -OCH3 is 2. The van der Waals surface area contributed by atoms with Crippen molar-refractivity contribution in [2.24, 2.45) is 0 Å². The number of phenols is 1. The fourth-order valence-corrected chi connectivity index (χ4v) is 1.87. The number of hydrogen-bond donors (Lipinski definition) is 2. The fourth-order valence-electron chi connectivity index (χ4n) is 1.87. The van der Waals surface area contributed by atoms with E-state index in [2.05, 4.69) is 10.1 Å². The van der Waals surface area contributed by atoms with Gasteiger partial charge in [-0.05, 0) is 35.9 Å².